The van der Waals surface area contributed by atoms with E-state index in [2.05, 4.69) is 17.2 Å². The summed E-state index contributed by atoms with van der Waals surface area (Å²) in [6, 6.07) is 0. The van der Waals surface area contributed by atoms with E-state index in [0.717, 1.165) is 37.1 Å². The number of hydrogen-bond acceptors (Lipinski definition) is 3. The fourth-order valence-electron chi connectivity index (χ4n) is 1.90. The molecule has 3 aliphatic carbocycles. The van der Waals surface area contributed by atoms with Crippen molar-refractivity contribution in [1.29, 1.82) is 0 Å². The van der Waals surface area contributed by atoms with Gasteiger partial charge in [-0.3, -0.25) is 0 Å². The zero-order chi connectivity index (χ0) is 19.6. The van der Waals surface area contributed by atoms with Gasteiger partial charge in [0.05, 0.1) is 39.1 Å². The molecule has 0 fully saturated rings. The normalized spacial score (nSPS) is 14.9. The maximum atomic E-state index is 5.19. The first-order valence-electron chi connectivity index (χ1n) is 9.06. The summed E-state index contributed by atoms with van der Waals surface area (Å²) in [7, 11) is 0. The van der Waals surface area contributed by atoms with Gasteiger partial charge in [-0.15, -0.1) is 17.2 Å². The van der Waals surface area contributed by atoms with Crippen LogP contribution in [-0.2, 0) is 14.2 Å². The summed E-state index contributed by atoms with van der Waals surface area (Å²) < 4.78 is 15.6. The van der Waals surface area contributed by atoms with E-state index in [9.17, 15) is 0 Å². The van der Waals surface area contributed by atoms with E-state index in [1.54, 1.807) is 0 Å². The van der Waals surface area contributed by atoms with Gasteiger partial charge in [0.15, 0.2) is 0 Å². The molecule has 0 amide bonds. The van der Waals surface area contributed by atoms with Crippen LogP contribution in [-0.4, -0.2) is 46.0 Å². The van der Waals surface area contributed by atoms with Gasteiger partial charge >= 0.3 is 0 Å². The first kappa shape index (κ1) is 26.1. The molecule has 0 saturated carbocycles. The molecule has 3 nitrogen and oxygen atoms in total. The molecule has 0 aromatic carbocycles. The first-order valence-corrected chi connectivity index (χ1v) is 9.06. The number of rotatable bonds is 6. The van der Waals surface area contributed by atoms with Gasteiger partial charge in [-0.05, 0) is 75.5 Å². The third-order valence-electron chi connectivity index (χ3n) is 3.00. The second-order valence-electron chi connectivity index (χ2n) is 5.01. The average Bonchev–Trinajstić information content (AvgIpc) is 2.72. The Morgan fingerprint density at radius 2 is 0.821 bits per heavy atom. The summed E-state index contributed by atoms with van der Waals surface area (Å²) >= 11 is 0. The summed E-state index contributed by atoms with van der Waals surface area (Å²) in [6.45, 7) is 8.09. The molecule has 0 spiro atoms. The molecule has 0 aliphatic heterocycles. The molecule has 4 heteroatoms. The Bertz CT molecular complexity index is 619. The Labute approximate surface area is 189 Å². The zero-order valence-electron chi connectivity index (χ0n) is 16.7. The maximum absolute atomic E-state index is 5.19. The van der Waals surface area contributed by atoms with Crippen LogP contribution in [0.2, 0.25) is 0 Å². The fraction of sp³-hybridized carbons (Fsp3) is 0.250. The third kappa shape index (κ3) is 13.3. The molecule has 0 saturated heterocycles. The number of hydrogen-bond donors (Lipinski definition) is 0. The molecule has 0 N–H and O–H groups in total. The fourth-order valence-corrected chi connectivity index (χ4v) is 1.90. The predicted molar refractivity (Wildman–Crippen MR) is 116 cm³/mol. The summed E-state index contributed by atoms with van der Waals surface area (Å²) in [5, 5.41) is 0. The van der Waals surface area contributed by atoms with Crippen molar-refractivity contribution in [1.82, 2.24) is 0 Å². The molecule has 6 radical (unpaired) electrons. The minimum atomic E-state index is 0. The number of allylic oxidation sites excluding steroid dienone is 6. The van der Waals surface area contributed by atoms with Gasteiger partial charge in [-0.2, -0.15) is 0 Å². The van der Waals surface area contributed by atoms with E-state index in [4.69, 9.17) is 14.2 Å². The largest absolute Gasteiger partial charge is 0.498 e. The van der Waals surface area contributed by atoms with Crippen LogP contribution in [0.4, 0.5) is 0 Å². The van der Waals surface area contributed by atoms with Gasteiger partial charge in [-0.1, -0.05) is 0 Å². The van der Waals surface area contributed by atoms with Crippen LogP contribution in [0, 0.1) is 19.3 Å². The first-order chi connectivity index (χ1) is 13.3. The van der Waals surface area contributed by atoms with Crippen LogP contribution in [0.1, 0.15) is 20.8 Å². The van der Waals surface area contributed by atoms with E-state index >= 15 is 0 Å². The summed E-state index contributed by atoms with van der Waals surface area (Å²) in [4.78, 5) is 0. The van der Waals surface area contributed by atoms with Crippen molar-refractivity contribution in [2.75, 3.05) is 19.8 Å². The van der Waals surface area contributed by atoms with Crippen LogP contribution in [0.5, 0.6) is 0 Å². The molecule has 0 atom stereocenters. The van der Waals surface area contributed by atoms with Crippen molar-refractivity contribution in [3.63, 3.8) is 0 Å². The Morgan fingerprint density at radius 3 is 1.00 bits per heavy atom. The molecule has 3 aliphatic rings. The van der Waals surface area contributed by atoms with Crippen LogP contribution in [0.25, 0.3) is 0 Å². The minimum Gasteiger partial charge on any atom is -0.498 e. The topological polar surface area (TPSA) is 27.7 Å². The molecule has 3 rings (SSSR count). The number of ether oxygens (including phenoxy) is 3. The zero-order valence-corrected chi connectivity index (χ0v) is 20.2. The van der Waals surface area contributed by atoms with E-state index in [1.807, 2.05) is 94.7 Å². The van der Waals surface area contributed by atoms with Gasteiger partial charge in [0, 0.05) is 26.2 Å². The summed E-state index contributed by atoms with van der Waals surface area (Å²) in [6.07, 6.45) is 22.4. The Balaban J connectivity index is 0.000000384. The Hall–Kier alpha value is -1.94. The predicted octanol–water partition coefficient (Wildman–Crippen LogP) is 5.13. The Kier molecular flexibility index (Phi) is 17.2. The molecule has 0 unspecified atom stereocenters. The molecular formula is C24H27BiO3. The molecule has 28 heavy (non-hydrogen) atoms. The third-order valence-corrected chi connectivity index (χ3v) is 3.00. The van der Waals surface area contributed by atoms with Crippen LogP contribution < -0.4 is 0 Å². The monoisotopic (exact) mass is 572 g/mol. The van der Waals surface area contributed by atoms with E-state index in [0.29, 0.717) is 0 Å². The van der Waals surface area contributed by atoms with Crippen LogP contribution >= 0.6 is 0 Å². The second-order valence-corrected chi connectivity index (χ2v) is 5.01. The van der Waals surface area contributed by atoms with Gasteiger partial charge in [-0.25, -0.2) is 0 Å². The molecule has 0 heterocycles. The molecule has 0 aromatic heterocycles. The molecular weight excluding hydrogens is 545 g/mol. The summed E-state index contributed by atoms with van der Waals surface area (Å²) in [5.41, 5.74) is 8.73. The standard InChI is InChI=1S/3C8H9O.Bi/c3*1-2-9-8-6-4-3-5-7-8;/h3*4-7H,2H2,1H3;. The SMILES string of the molecule is CCOC1=CC=C=C[CH]1.CCOC1=CC=C=C[CH]1.CCOC1=CC=C=C[CH]1.[Bi]. The van der Waals surface area contributed by atoms with Gasteiger partial charge in [0.25, 0.3) is 0 Å². The van der Waals surface area contributed by atoms with E-state index in [-0.39, 0.29) is 26.2 Å². The van der Waals surface area contributed by atoms with Crippen molar-refractivity contribution in [3.05, 3.63) is 108 Å². The maximum Gasteiger partial charge on any atom is 0.105 e. The van der Waals surface area contributed by atoms with E-state index in [1.165, 1.54) is 0 Å². The molecule has 146 valence electrons. The van der Waals surface area contributed by atoms with Gasteiger partial charge < -0.3 is 14.2 Å². The molecule has 0 aromatic rings. The van der Waals surface area contributed by atoms with Crippen LogP contribution in [0.15, 0.2) is 89.2 Å². The average molecular weight is 572 g/mol. The van der Waals surface area contributed by atoms with Crippen molar-refractivity contribution in [2.24, 2.45) is 0 Å². The van der Waals surface area contributed by atoms with Crippen LogP contribution in [0.3, 0.4) is 0 Å². The van der Waals surface area contributed by atoms with Crippen molar-refractivity contribution in [2.45, 2.75) is 20.8 Å². The summed E-state index contributed by atoms with van der Waals surface area (Å²) in [5.74, 6) is 2.74. The smallest absolute Gasteiger partial charge is 0.105 e. The van der Waals surface area contributed by atoms with Crippen molar-refractivity contribution in [3.8, 4) is 0 Å². The van der Waals surface area contributed by atoms with Crippen molar-refractivity contribution < 1.29 is 14.2 Å². The Morgan fingerprint density at radius 1 is 0.536 bits per heavy atom. The van der Waals surface area contributed by atoms with Gasteiger partial charge in [0.2, 0.25) is 0 Å². The second kappa shape index (κ2) is 18.4. The van der Waals surface area contributed by atoms with Gasteiger partial charge in [0.1, 0.15) is 17.3 Å². The molecule has 0 bridgehead atoms. The van der Waals surface area contributed by atoms with E-state index < -0.39 is 0 Å². The minimum absolute atomic E-state index is 0. The van der Waals surface area contributed by atoms with Crippen molar-refractivity contribution >= 4 is 26.2 Å². The quantitative estimate of drug-likeness (QED) is 0.327.